The van der Waals surface area contributed by atoms with E-state index in [9.17, 15) is 8.42 Å². The Morgan fingerprint density at radius 1 is 1.50 bits per heavy atom. The number of nitrogens with zero attached hydrogens (tertiary/aromatic N) is 2. The van der Waals surface area contributed by atoms with E-state index in [1.54, 1.807) is 31.5 Å². The summed E-state index contributed by atoms with van der Waals surface area (Å²) in [4.78, 5) is 3.90. The van der Waals surface area contributed by atoms with Gasteiger partial charge in [-0.1, -0.05) is 19.1 Å². The molecule has 7 heteroatoms. The van der Waals surface area contributed by atoms with Gasteiger partial charge in [-0.15, -0.1) is 0 Å². The Balaban J connectivity index is 2.89. The van der Waals surface area contributed by atoms with E-state index in [2.05, 4.69) is 4.98 Å². The SMILES string of the molecule is CCC(C(N)=S)S(=O)(=O)N(C)Cc1ccncc1. The van der Waals surface area contributed by atoms with Crippen molar-refractivity contribution in [2.24, 2.45) is 5.73 Å². The second-order valence-electron chi connectivity index (χ2n) is 3.96. The smallest absolute Gasteiger partial charge is 0.223 e. The highest BCUT2D eigenvalue weighted by atomic mass is 32.2. The van der Waals surface area contributed by atoms with Crippen LogP contribution in [0.4, 0.5) is 0 Å². The van der Waals surface area contributed by atoms with E-state index in [4.69, 9.17) is 18.0 Å². The number of hydrogen-bond acceptors (Lipinski definition) is 4. The molecule has 0 aliphatic heterocycles. The molecular weight excluding hydrogens is 270 g/mol. The van der Waals surface area contributed by atoms with E-state index in [1.807, 2.05) is 0 Å². The lowest BCUT2D eigenvalue weighted by atomic mass is 10.3. The van der Waals surface area contributed by atoms with Crippen LogP contribution in [0, 0.1) is 0 Å². The van der Waals surface area contributed by atoms with E-state index in [1.165, 1.54) is 11.4 Å². The molecule has 1 aromatic rings. The summed E-state index contributed by atoms with van der Waals surface area (Å²) in [6.07, 6.45) is 3.62. The van der Waals surface area contributed by atoms with Crippen molar-refractivity contribution in [2.75, 3.05) is 7.05 Å². The number of sulfonamides is 1. The highest BCUT2D eigenvalue weighted by molar-refractivity contribution is 7.92. The third kappa shape index (κ3) is 3.47. The lowest BCUT2D eigenvalue weighted by Gasteiger charge is -2.22. The minimum absolute atomic E-state index is 0.0130. The molecule has 1 aromatic heterocycles. The fourth-order valence-corrected chi connectivity index (χ4v) is 3.62. The van der Waals surface area contributed by atoms with Gasteiger partial charge in [0.25, 0.3) is 0 Å². The second-order valence-corrected chi connectivity index (χ2v) is 6.65. The van der Waals surface area contributed by atoms with Crippen LogP contribution in [0.5, 0.6) is 0 Å². The molecule has 1 rings (SSSR count). The summed E-state index contributed by atoms with van der Waals surface area (Å²) in [5.74, 6) is 0. The van der Waals surface area contributed by atoms with Crippen molar-refractivity contribution in [2.45, 2.75) is 25.1 Å². The van der Waals surface area contributed by atoms with Gasteiger partial charge in [-0.05, 0) is 24.1 Å². The van der Waals surface area contributed by atoms with Gasteiger partial charge in [-0.25, -0.2) is 8.42 Å². The summed E-state index contributed by atoms with van der Waals surface area (Å²) in [5, 5.41) is -0.806. The Morgan fingerprint density at radius 3 is 2.50 bits per heavy atom. The summed E-state index contributed by atoms with van der Waals surface area (Å²) in [6, 6.07) is 3.54. The van der Waals surface area contributed by atoms with Gasteiger partial charge in [-0.2, -0.15) is 4.31 Å². The third-order valence-corrected chi connectivity index (χ3v) is 5.37. The zero-order chi connectivity index (χ0) is 13.8. The molecule has 18 heavy (non-hydrogen) atoms. The molecule has 0 bridgehead atoms. The van der Waals surface area contributed by atoms with Gasteiger partial charge >= 0.3 is 0 Å². The molecule has 0 amide bonds. The molecule has 0 fully saturated rings. The molecule has 0 saturated carbocycles. The maximum atomic E-state index is 12.3. The minimum atomic E-state index is -3.50. The molecule has 100 valence electrons. The summed E-state index contributed by atoms with van der Waals surface area (Å²) in [6.45, 7) is 2.03. The van der Waals surface area contributed by atoms with Crippen molar-refractivity contribution < 1.29 is 8.42 Å². The first-order chi connectivity index (χ1) is 8.39. The second kappa shape index (κ2) is 6.21. The van der Waals surface area contributed by atoms with Crippen molar-refractivity contribution in [3.63, 3.8) is 0 Å². The fraction of sp³-hybridized carbons (Fsp3) is 0.455. The molecular formula is C11H17N3O2S2. The molecule has 2 N–H and O–H groups in total. The Morgan fingerprint density at radius 2 is 2.06 bits per heavy atom. The molecule has 0 aliphatic rings. The number of nitrogens with two attached hydrogens (primary N) is 1. The molecule has 0 aliphatic carbocycles. The first-order valence-corrected chi connectivity index (χ1v) is 7.44. The molecule has 0 saturated heterocycles. The summed E-state index contributed by atoms with van der Waals surface area (Å²) in [5.41, 5.74) is 6.35. The average Bonchev–Trinajstić information content (AvgIpc) is 2.30. The third-order valence-electron chi connectivity index (χ3n) is 2.64. The zero-order valence-electron chi connectivity index (χ0n) is 10.4. The Labute approximate surface area is 113 Å². The molecule has 0 aromatic carbocycles. The lowest BCUT2D eigenvalue weighted by molar-refractivity contribution is 0.461. The topological polar surface area (TPSA) is 76.3 Å². The van der Waals surface area contributed by atoms with Gasteiger partial charge in [0, 0.05) is 26.0 Å². The quantitative estimate of drug-likeness (QED) is 0.787. The van der Waals surface area contributed by atoms with Crippen molar-refractivity contribution in [1.29, 1.82) is 0 Å². The van der Waals surface area contributed by atoms with E-state index >= 15 is 0 Å². The fourth-order valence-electron chi connectivity index (χ4n) is 1.61. The highest BCUT2D eigenvalue weighted by Crippen LogP contribution is 2.14. The van der Waals surface area contributed by atoms with Crippen LogP contribution in [-0.2, 0) is 16.6 Å². The summed E-state index contributed by atoms with van der Waals surface area (Å²) in [7, 11) is -1.98. The number of pyridine rings is 1. The first-order valence-electron chi connectivity index (χ1n) is 5.53. The largest absolute Gasteiger partial charge is 0.392 e. The van der Waals surface area contributed by atoms with Gasteiger partial charge < -0.3 is 5.73 Å². The van der Waals surface area contributed by atoms with Gasteiger partial charge in [0.15, 0.2) is 0 Å². The van der Waals surface area contributed by atoms with Crippen LogP contribution in [0.3, 0.4) is 0 Å². The first kappa shape index (κ1) is 15.0. The molecule has 1 unspecified atom stereocenters. The summed E-state index contributed by atoms with van der Waals surface area (Å²) >= 11 is 4.81. The lowest BCUT2D eigenvalue weighted by Crippen LogP contribution is -2.42. The van der Waals surface area contributed by atoms with Crippen LogP contribution in [0.2, 0.25) is 0 Å². The minimum Gasteiger partial charge on any atom is -0.392 e. The van der Waals surface area contributed by atoms with E-state index in [-0.39, 0.29) is 11.5 Å². The van der Waals surface area contributed by atoms with Crippen LogP contribution in [0.1, 0.15) is 18.9 Å². The normalized spacial score (nSPS) is 13.5. The maximum Gasteiger partial charge on any atom is 0.223 e. The predicted octanol–water partition coefficient (Wildman–Crippen LogP) is 0.908. The van der Waals surface area contributed by atoms with Crippen LogP contribution < -0.4 is 5.73 Å². The average molecular weight is 287 g/mol. The zero-order valence-corrected chi connectivity index (χ0v) is 12.0. The Kier molecular flexibility index (Phi) is 5.18. The molecule has 0 spiro atoms. The maximum absolute atomic E-state index is 12.3. The molecule has 1 atom stereocenters. The van der Waals surface area contributed by atoms with Crippen LogP contribution in [0.25, 0.3) is 0 Å². The van der Waals surface area contributed by atoms with Crippen molar-refractivity contribution in [3.8, 4) is 0 Å². The van der Waals surface area contributed by atoms with Crippen LogP contribution in [-0.4, -0.2) is 35.0 Å². The van der Waals surface area contributed by atoms with Gasteiger partial charge in [0.1, 0.15) is 5.25 Å². The molecule has 0 radical (unpaired) electrons. The number of aromatic nitrogens is 1. The van der Waals surface area contributed by atoms with E-state index in [0.717, 1.165) is 5.56 Å². The van der Waals surface area contributed by atoms with Crippen LogP contribution in [0.15, 0.2) is 24.5 Å². The summed E-state index contributed by atoms with van der Waals surface area (Å²) < 4.78 is 25.8. The van der Waals surface area contributed by atoms with Gasteiger partial charge in [0.05, 0.1) is 4.99 Å². The highest BCUT2D eigenvalue weighted by Gasteiger charge is 2.30. The monoisotopic (exact) mass is 287 g/mol. The number of thiocarbonyl (C=S) groups is 1. The number of hydrogen-bond donors (Lipinski definition) is 1. The van der Waals surface area contributed by atoms with E-state index in [0.29, 0.717) is 6.42 Å². The van der Waals surface area contributed by atoms with Crippen molar-refractivity contribution in [3.05, 3.63) is 30.1 Å². The van der Waals surface area contributed by atoms with Crippen LogP contribution >= 0.6 is 12.2 Å². The van der Waals surface area contributed by atoms with Crippen molar-refractivity contribution >= 4 is 27.2 Å². The number of rotatable bonds is 6. The Bertz CT molecular complexity index is 502. The Hall–Kier alpha value is -1.05. The van der Waals surface area contributed by atoms with E-state index < -0.39 is 15.3 Å². The molecule has 5 nitrogen and oxygen atoms in total. The van der Waals surface area contributed by atoms with Crippen molar-refractivity contribution in [1.82, 2.24) is 9.29 Å². The van der Waals surface area contributed by atoms with Gasteiger partial charge in [0.2, 0.25) is 10.0 Å². The standard InChI is InChI=1S/C11H17N3O2S2/c1-3-10(11(12)17)18(15,16)14(2)8-9-4-6-13-7-5-9/h4-7,10H,3,8H2,1-2H3,(H2,12,17). The predicted molar refractivity (Wildman–Crippen MR) is 75.5 cm³/mol. The molecule has 1 heterocycles. The van der Waals surface area contributed by atoms with Gasteiger partial charge in [-0.3, -0.25) is 4.98 Å².